The zero-order chi connectivity index (χ0) is 23.1. The molecule has 7 nitrogen and oxygen atoms in total. The second kappa shape index (κ2) is 8.39. The van der Waals surface area contributed by atoms with Gasteiger partial charge in [0.25, 0.3) is 5.91 Å². The number of nitrogens with one attached hydrogen (secondary N) is 2. The molecule has 2 aromatic rings. The van der Waals surface area contributed by atoms with Crippen molar-refractivity contribution >= 4 is 29.1 Å². The Morgan fingerprint density at radius 1 is 1.03 bits per heavy atom. The van der Waals surface area contributed by atoms with E-state index in [-0.39, 0.29) is 24.1 Å². The Morgan fingerprint density at radius 3 is 2.55 bits per heavy atom. The zero-order valence-electron chi connectivity index (χ0n) is 18.9. The maximum absolute atomic E-state index is 13.0. The molecule has 2 N–H and O–H groups in total. The molecule has 3 heterocycles. The average Bonchev–Trinajstić information content (AvgIpc) is 3.35. The van der Waals surface area contributed by atoms with Gasteiger partial charge in [-0.1, -0.05) is 50.2 Å². The van der Waals surface area contributed by atoms with E-state index >= 15 is 0 Å². The maximum Gasteiger partial charge on any atom is 0.255 e. The number of hydrogen-bond donors (Lipinski definition) is 2. The quantitative estimate of drug-likeness (QED) is 0.693. The highest BCUT2D eigenvalue weighted by atomic mass is 16.2. The molecule has 3 aliphatic heterocycles. The van der Waals surface area contributed by atoms with Crippen LogP contribution in [0.3, 0.4) is 0 Å². The van der Waals surface area contributed by atoms with Crippen molar-refractivity contribution in [3.63, 3.8) is 0 Å². The summed E-state index contributed by atoms with van der Waals surface area (Å²) in [5.41, 5.74) is 5.93. The van der Waals surface area contributed by atoms with E-state index in [1.54, 1.807) is 4.90 Å². The van der Waals surface area contributed by atoms with Crippen LogP contribution in [0.5, 0.6) is 0 Å². The van der Waals surface area contributed by atoms with Crippen molar-refractivity contribution < 1.29 is 14.4 Å². The van der Waals surface area contributed by atoms with Gasteiger partial charge in [0.15, 0.2) is 0 Å². The van der Waals surface area contributed by atoms with Crippen molar-refractivity contribution in [3.8, 4) is 0 Å². The van der Waals surface area contributed by atoms with Crippen molar-refractivity contribution in [1.29, 1.82) is 0 Å². The van der Waals surface area contributed by atoms with Crippen LogP contribution in [0.4, 0.5) is 0 Å². The van der Waals surface area contributed by atoms with Gasteiger partial charge in [0.05, 0.1) is 18.1 Å². The van der Waals surface area contributed by atoms with Crippen molar-refractivity contribution in [2.24, 2.45) is 5.92 Å². The summed E-state index contributed by atoms with van der Waals surface area (Å²) < 4.78 is 0. The standard InChI is InChI=1S/C26H28N4O3/c1-16(2)13-29-15-27-23(24(29)17-6-4-3-5-7-17)18-8-9-20-19(12-18)14-30(26(20)33)21-10-11-22(31)28-25(21)32/h3-9,12,16,21,27H,10-11,13-15H2,1-2H3,(H,28,31,32). The molecule has 1 unspecified atom stereocenters. The van der Waals surface area contributed by atoms with E-state index in [4.69, 9.17) is 0 Å². The van der Waals surface area contributed by atoms with Gasteiger partial charge in [-0.15, -0.1) is 0 Å². The summed E-state index contributed by atoms with van der Waals surface area (Å²) in [4.78, 5) is 40.9. The molecular weight excluding hydrogens is 416 g/mol. The number of amides is 3. The molecule has 0 radical (unpaired) electrons. The smallest absolute Gasteiger partial charge is 0.255 e. The summed E-state index contributed by atoms with van der Waals surface area (Å²) in [5, 5.41) is 5.93. The van der Waals surface area contributed by atoms with Crippen LogP contribution >= 0.6 is 0 Å². The minimum atomic E-state index is -0.601. The van der Waals surface area contributed by atoms with Crippen LogP contribution in [0.25, 0.3) is 11.4 Å². The molecule has 2 aromatic carbocycles. The summed E-state index contributed by atoms with van der Waals surface area (Å²) >= 11 is 0. The Hall–Kier alpha value is -3.61. The third kappa shape index (κ3) is 3.88. The van der Waals surface area contributed by atoms with Gasteiger partial charge in [0, 0.05) is 30.6 Å². The van der Waals surface area contributed by atoms with E-state index in [0.717, 1.165) is 41.3 Å². The van der Waals surface area contributed by atoms with E-state index in [2.05, 4.69) is 47.6 Å². The lowest BCUT2D eigenvalue weighted by atomic mass is 10.0. The van der Waals surface area contributed by atoms with Crippen LogP contribution in [-0.4, -0.2) is 46.8 Å². The number of benzene rings is 2. The van der Waals surface area contributed by atoms with Crippen LogP contribution in [0.2, 0.25) is 0 Å². The molecule has 0 aliphatic carbocycles. The summed E-state index contributed by atoms with van der Waals surface area (Å²) in [6.45, 7) is 6.47. The monoisotopic (exact) mass is 444 g/mol. The highest BCUT2D eigenvalue weighted by Gasteiger charge is 2.39. The molecule has 3 amide bonds. The second-order valence-corrected chi connectivity index (χ2v) is 9.31. The molecule has 5 rings (SSSR count). The molecular formula is C26H28N4O3. The maximum atomic E-state index is 13.0. The summed E-state index contributed by atoms with van der Waals surface area (Å²) in [7, 11) is 0. The lowest BCUT2D eigenvalue weighted by molar-refractivity contribution is -0.136. The first-order valence-electron chi connectivity index (χ1n) is 11.5. The predicted octanol–water partition coefficient (Wildman–Crippen LogP) is 2.79. The number of piperidine rings is 1. The molecule has 0 saturated carbocycles. The van der Waals surface area contributed by atoms with Crippen molar-refractivity contribution in [2.75, 3.05) is 13.2 Å². The van der Waals surface area contributed by atoms with Gasteiger partial charge in [-0.05, 0) is 35.6 Å². The largest absolute Gasteiger partial charge is 0.366 e. The van der Waals surface area contributed by atoms with Gasteiger partial charge < -0.3 is 15.1 Å². The molecule has 1 saturated heterocycles. The normalized spacial score (nSPS) is 20.5. The Bertz CT molecular complexity index is 1160. The van der Waals surface area contributed by atoms with E-state index in [1.165, 1.54) is 0 Å². The molecule has 0 bridgehead atoms. The first kappa shape index (κ1) is 21.2. The fraction of sp³-hybridized carbons (Fsp3) is 0.346. The summed E-state index contributed by atoms with van der Waals surface area (Å²) in [6.07, 6.45) is 0.622. The molecule has 3 aliphatic rings. The number of nitrogens with zero attached hydrogens (tertiary/aromatic N) is 2. The average molecular weight is 445 g/mol. The van der Waals surface area contributed by atoms with Crippen molar-refractivity contribution in [3.05, 3.63) is 70.8 Å². The SMILES string of the molecule is CC(C)CN1CNC(c2ccc3c(c2)CN(C2CCC(=O)NC2=O)C3=O)=C1c1ccccc1. The molecule has 33 heavy (non-hydrogen) atoms. The van der Waals surface area contributed by atoms with Crippen LogP contribution in [0.1, 0.15) is 53.7 Å². The minimum Gasteiger partial charge on any atom is -0.366 e. The van der Waals surface area contributed by atoms with Crippen LogP contribution in [0.15, 0.2) is 48.5 Å². The summed E-state index contributed by atoms with van der Waals surface area (Å²) in [5.74, 6) is -0.293. The van der Waals surface area contributed by atoms with Gasteiger partial charge >= 0.3 is 0 Å². The third-order valence-corrected chi connectivity index (χ3v) is 6.44. The van der Waals surface area contributed by atoms with Crippen molar-refractivity contribution in [2.45, 2.75) is 39.3 Å². The number of hydrogen-bond acceptors (Lipinski definition) is 5. The first-order valence-corrected chi connectivity index (χ1v) is 11.5. The van der Waals surface area contributed by atoms with Gasteiger partial charge in [-0.25, -0.2) is 0 Å². The third-order valence-electron chi connectivity index (χ3n) is 6.44. The molecule has 7 heteroatoms. The highest BCUT2D eigenvalue weighted by Crippen LogP contribution is 2.35. The fourth-order valence-corrected chi connectivity index (χ4v) is 4.98. The molecule has 0 spiro atoms. The number of carbonyl (C=O) groups excluding carboxylic acids is 3. The van der Waals surface area contributed by atoms with Gasteiger partial charge in [0.1, 0.15) is 6.04 Å². The first-order chi connectivity index (χ1) is 15.9. The van der Waals surface area contributed by atoms with Crippen molar-refractivity contribution in [1.82, 2.24) is 20.4 Å². The van der Waals surface area contributed by atoms with Crippen LogP contribution in [-0.2, 0) is 16.1 Å². The topological polar surface area (TPSA) is 81.8 Å². The highest BCUT2D eigenvalue weighted by molar-refractivity contribution is 6.05. The number of fused-ring (bicyclic) bond motifs is 1. The van der Waals surface area contributed by atoms with E-state index in [1.807, 2.05) is 30.3 Å². The Balaban J connectivity index is 1.49. The number of rotatable bonds is 5. The number of carbonyl (C=O) groups is 3. The molecule has 1 atom stereocenters. The number of imide groups is 1. The Labute approximate surface area is 193 Å². The fourth-order valence-electron chi connectivity index (χ4n) is 4.98. The van der Waals surface area contributed by atoms with E-state index in [0.29, 0.717) is 24.4 Å². The zero-order valence-corrected chi connectivity index (χ0v) is 18.9. The second-order valence-electron chi connectivity index (χ2n) is 9.31. The van der Waals surface area contributed by atoms with E-state index < -0.39 is 6.04 Å². The lowest BCUT2D eigenvalue weighted by Crippen LogP contribution is -2.52. The van der Waals surface area contributed by atoms with Crippen LogP contribution in [0, 0.1) is 5.92 Å². The van der Waals surface area contributed by atoms with Crippen LogP contribution < -0.4 is 10.6 Å². The molecule has 0 aromatic heterocycles. The van der Waals surface area contributed by atoms with Gasteiger partial charge in [-0.2, -0.15) is 0 Å². The summed E-state index contributed by atoms with van der Waals surface area (Å²) in [6, 6.07) is 15.7. The Kier molecular flexibility index (Phi) is 5.40. The molecule has 1 fully saturated rings. The lowest BCUT2D eigenvalue weighted by Gasteiger charge is -2.29. The van der Waals surface area contributed by atoms with E-state index in [9.17, 15) is 14.4 Å². The predicted molar refractivity (Wildman–Crippen MR) is 125 cm³/mol. The Morgan fingerprint density at radius 2 is 1.82 bits per heavy atom. The minimum absolute atomic E-state index is 0.149. The van der Waals surface area contributed by atoms with Gasteiger partial charge in [-0.3, -0.25) is 19.7 Å². The molecule has 170 valence electrons. The van der Waals surface area contributed by atoms with Gasteiger partial charge in [0.2, 0.25) is 11.8 Å².